The normalized spacial score (nSPS) is 16.6. The van der Waals surface area contributed by atoms with E-state index < -0.39 is 0 Å². The lowest BCUT2D eigenvalue weighted by molar-refractivity contribution is 0.231. The Morgan fingerprint density at radius 3 is 2.68 bits per heavy atom. The van der Waals surface area contributed by atoms with Crippen LogP contribution in [-0.4, -0.2) is 22.3 Å². The van der Waals surface area contributed by atoms with Crippen LogP contribution in [0.2, 0.25) is 0 Å². The van der Waals surface area contributed by atoms with Crippen molar-refractivity contribution in [1.82, 2.24) is 20.8 Å². The number of urea groups is 1. The van der Waals surface area contributed by atoms with E-state index in [1.165, 1.54) is 19.3 Å². The van der Waals surface area contributed by atoms with E-state index in [1.807, 2.05) is 13.8 Å². The van der Waals surface area contributed by atoms with E-state index in [0.717, 1.165) is 12.8 Å². The second kappa shape index (κ2) is 6.54. The minimum absolute atomic E-state index is 0.156. The Labute approximate surface area is 113 Å². The molecule has 0 atom stereocenters. The lowest BCUT2D eigenvalue weighted by atomic mass is 9.96. The summed E-state index contributed by atoms with van der Waals surface area (Å²) in [5.74, 6) is 1.25. The Kier molecular flexibility index (Phi) is 4.76. The van der Waals surface area contributed by atoms with Gasteiger partial charge in [-0.3, -0.25) is 0 Å². The van der Waals surface area contributed by atoms with Crippen LogP contribution in [0.25, 0.3) is 0 Å². The minimum Gasteiger partial charge on any atom is -0.423 e. The maximum atomic E-state index is 11.7. The molecular weight excluding hydrogens is 244 g/mol. The van der Waals surface area contributed by atoms with Gasteiger partial charge in [-0.2, -0.15) is 0 Å². The topological polar surface area (TPSA) is 80.0 Å². The van der Waals surface area contributed by atoms with Crippen LogP contribution in [0.15, 0.2) is 4.42 Å². The van der Waals surface area contributed by atoms with Crippen LogP contribution in [0.5, 0.6) is 0 Å². The SMILES string of the molecule is CC(C)c1nnc(CNC(=O)NC2CCCCC2)o1. The third-order valence-electron chi connectivity index (χ3n) is 3.32. The molecule has 106 valence electrons. The predicted octanol–water partition coefficient (Wildman–Crippen LogP) is 2.32. The fourth-order valence-electron chi connectivity index (χ4n) is 2.21. The Balaban J connectivity index is 1.73. The zero-order valence-electron chi connectivity index (χ0n) is 11.6. The number of carbonyl (C=O) groups excluding carboxylic acids is 1. The molecule has 0 bridgehead atoms. The molecule has 2 N–H and O–H groups in total. The first-order valence-corrected chi connectivity index (χ1v) is 7.02. The summed E-state index contributed by atoms with van der Waals surface area (Å²) in [6.07, 6.45) is 5.83. The summed E-state index contributed by atoms with van der Waals surface area (Å²) >= 11 is 0. The number of amides is 2. The zero-order chi connectivity index (χ0) is 13.7. The van der Waals surface area contributed by atoms with Gasteiger partial charge in [0.1, 0.15) is 0 Å². The molecule has 0 aliphatic heterocycles. The van der Waals surface area contributed by atoms with E-state index >= 15 is 0 Å². The van der Waals surface area contributed by atoms with Crippen LogP contribution in [0.1, 0.15) is 63.7 Å². The molecule has 1 aliphatic carbocycles. The molecule has 2 amide bonds. The van der Waals surface area contributed by atoms with Crippen molar-refractivity contribution >= 4 is 6.03 Å². The van der Waals surface area contributed by atoms with E-state index in [9.17, 15) is 4.79 Å². The lowest BCUT2D eigenvalue weighted by Gasteiger charge is -2.22. The van der Waals surface area contributed by atoms with E-state index in [2.05, 4.69) is 20.8 Å². The number of rotatable bonds is 4. The van der Waals surface area contributed by atoms with Crippen molar-refractivity contribution in [2.24, 2.45) is 0 Å². The monoisotopic (exact) mass is 266 g/mol. The third kappa shape index (κ3) is 4.22. The standard InChI is InChI=1S/C13H22N4O2/c1-9(2)12-17-16-11(19-12)8-14-13(18)15-10-6-4-3-5-7-10/h9-10H,3-8H2,1-2H3,(H2,14,15,18). The average Bonchev–Trinajstić information content (AvgIpc) is 2.86. The van der Waals surface area contributed by atoms with Gasteiger partial charge in [0.2, 0.25) is 11.8 Å². The molecule has 1 saturated carbocycles. The number of nitrogens with one attached hydrogen (secondary N) is 2. The predicted molar refractivity (Wildman–Crippen MR) is 70.6 cm³/mol. The second-order valence-electron chi connectivity index (χ2n) is 5.35. The molecule has 0 saturated heterocycles. The van der Waals surface area contributed by atoms with Crippen LogP contribution < -0.4 is 10.6 Å². The maximum absolute atomic E-state index is 11.7. The molecule has 1 aromatic rings. The highest BCUT2D eigenvalue weighted by molar-refractivity contribution is 5.74. The van der Waals surface area contributed by atoms with Crippen molar-refractivity contribution in [2.75, 3.05) is 0 Å². The van der Waals surface area contributed by atoms with Crippen molar-refractivity contribution in [3.63, 3.8) is 0 Å². The summed E-state index contributed by atoms with van der Waals surface area (Å²) in [4.78, 5) is 11.7. The molecule has 1 heterocycles. The molecule has 6 nitrogen and oxygen atoms in total. The highest BCUT2D eigenvalue weighted by Crippen LogP contribution is 2.17. The largest absolute Gasteiger partial charge is 0.423 e. The number of hydrogen-bond acceptors (Lipinski definition) is 4. The lowest BCUT2D eigenvalue weighted by Crippen LogP contribution is -2.42. The maximum Gasteiger partial charge on any atom is 0.315 e. The summed E-state index contributed by atoms with van der Waals surface area (Å²) in [7, 11) is 0. The molecule has 2 rings (SSSR count). The van der Waals surface area contributed by atoms with Gasteiger partial charge in [-0.05, 0) is 12.8 Å². The van der Waals surface area contributed by atoms with Gasteiger partial charge in [-0.15, -0.1) is 10.2 Å². The zero-order valence-corrected chi connectivity index (χ0v) is 11.6. The van der Waals surface area contributed by atoms with Gasteiger partial charge in [0.25, 0.3) is 0 Å². The third-order valence-corrected chi connectivity index (χ3v) is 3.32. The molecular formula is C13H22N4O2. The number of carbonyl (C=O) groups is 1. The van der Waals surface area contributed by atoms with Crippen LogP contribution >= 0.6 is 0 Å². The van der Waals surface area contributed by atoms with Crippen molar-refractivity contribution < 1.29 is 9.21 Å². The quantitative estimate of drug-likeness (QED) is 0.876. The van der Waals surface area contributed by atoms with Crippen molar-refractivity contribution in [1.29, 1.82) is 0 Å². The first kappa shape index (κ1) is 13.8. The van der Waals surface area contributed by atoms with Crippen molar-refractivity contribution in [3.8, 4) is 0 Å². The molecule has 1 aromatic heterocycles. The number of nitrogens with zero attached hydrogens (tertiary/aromatic N) is 2. The van der Waals surface area contributed by atoms with Crippen LogP contribution in [0.3, 0.4) is 0 Å². The Morgan fingerprint density at radius 1 is 1.32 bits per heavy atom. The molecule has 1 fully saturated rings. The Bertz CT molecular complexity index is 411. The first-order valence-electron chi connectivity index (χ1n) is 7.02. The fraction of sp³-hybridized carbons (Fsp3) is 0.769. The Morgan fingerprint density at radius 2 is 2.05 bits per heavy atom. The van der Waals surface area contributed by atoms with Crippen LogP contribution in [0.4, 0.5) is 4.79 Å². The van der Waals surface area contributed by atoms with Gasteiger partial charge < -0.3 is 15.1 Å². The highest BCUT2D eigenvalue weighted by atomic mass is 16.4. The Hall–Kier alpha value is -1.59. The van der Waals surface area contributed by atoms with E-state index in [0.29, 0.717) is 17.8 Å². The number of hydrogen-bond donors (Lipinski definition) is 2. The average molecular weight is 266 g/mol. The number of aromatic nitrogens is 2. The molecule has 0 spiro atoms. The summed E-state index contributed by atoms with van der Waals surface area (Å²) < 4.78 is 5.42. The molecule has 0 radical (unpaired) electrons. The van der Waals surface area contributed by atoms with E-state index in [-0.39, 0.29) is 18.5 Å². The van der Waals surface area contributed by atoms with Crippen molar-refractivity contribution in [2.45, 2.75) is 64.5 Å². The highest BCUT2D eigenvalue weighted by Gasteiger charge is 2.16. The minimum atomic E-state index is -0.156. The van der Waals surface area contributed by atoms with Gasteiger partial charge in [0.05, 0.1) is 6.54 Å². The fourth-order valence-corrected chi connectivity index (χ4v) is 2.21. The van der Waals surface area contributed by atoms with Crippen LogP contribution in [-0.2, 0) is 6.54 Å². The van der Waals surface area contributed by atoms with E-state index in [4.69, 9.17) is 4.42 Å². The summed E-state index contributed by atoms with van der Waals surface area (Å²) in [5.41, 5.74) is 0. The van der Waals surface area contributed by atoms with Gasteiger partial charge >= 0.3 is 6.03 Å². The molecule has 6 heteroatoms. The van der Waals surface area contributed by atoms with E-state index in [1.54, 1.807) is 0 Å². The van der Waals surface area contributed by atoms with Crippen molar-refractivity contribution in [3.05, 3.63) is 11.8 Å². The van der Waals surface area contributed by atoms with Gasteiger partial charge in [-0.25, -0.2) is 4.79 Å². The summed E-state index contributed by atoms with van der Waals surface area (Å²) in [6.45, 7) is 4.25. The molecule has 1 aliphatic rings. The smallest absolute Gasteiger partial charge is 0.315 e. The van der Waals surface area contributed by atoms with Gasteiger partial charge in [0.15, 0.2) is 0 Å². The molecule has 0 aromatic carbocycles. The summed E-state index contributed by atoms with van der Waals surface area (Å²) in [5, 5.41) is 13.5. The first-order chi connectivity index (χ1) is 9.15. The van der Waals surface area contributed by atoms with Gasteiger partial charge in [-0.1, -0.05) is 33.1 Å². The second-order valence-corrected chi connectivity index (χ2v) is 5.35. The molecule has 0 unspecified atom stereocenters. The van der Waals surface area contributed by atoms with Crippen LogP contribution in [0, 0.1) is 0 Å². The van der Waals surface area contributed by atoms with Gasteiger partial charge in [0, 0.05) is 12.0 Å². The summed E-state index contributed by atoms with van der Waals surface area (Å²) in [6, 6.07) is 0.152. The molecule has 19 heavy (non-hydrogen) atoms.